The van der Waals surface area contributed by atoms with E-state index < -0.39 is 4.92 Å². The molecule has 0 saturated heterocycles. The number of hydrogen-bond donors (Lipinski definition) is 0. The zero-order valence-corrected chi connectivity index (χ0v) is 14.5. The van der Waals surface area contributed by atoms with Crippen LogP contribution in [0.2, 0.25) is 0 Å². The predicted molar refractivity (Wildman–Crippen MR) is 105 cm³/mol. The Morgan fingerprint density at radius 3 is 2.78 bits per heavy atom. The summed E-state index contributed by atoms with van der Waals surface area (Å²) in [6.45, 7) is 2.01. The van der Waals surface area contributed by atoms with E-state index in [0.717, 1.165) is 22.2 Å². The molecule has 0 aliphatic heterocycles. The van der Waals surface area contributed by atoms with Crippen LogP contribution >= 0.6 is 0 Å². The number of non-ortho nitro benzene ring substituents is 1. The quantitative estimate of drug-likeness (QED) is 0.276. The Morgan fingerprint density at radius 1 is 1.07 bits per heavy atom. The number of rotatable bonds is 4. The van der Waals surface area contributed by atoms with E-state index in [0.29, 0.717) is 17.1 Å². The highest BCUT2D eigenvalue weighted by Gasteiger charge is 2.09. The molecule has 4 rings (SSSR count). The fraction of sp³-hybridized carbons (Fsp3) is 0.0476. The van der Waals surface area contributed by atoms with Crippen molar-refractivity contribution in [2.45, 2.75) is 6.92 Å². The molecule has 0 unspecified atom stereocenters. The fourth-order valence-electron chi connectivity index (χ4n) is 2.75. The molecule has 0 saturated carbocycles. The third-order valence-electron chi connectivity index (χ3n) is 4.08. The minimum atomic E-state index is -0.424. The van der Waals surface area contributed by atoms with Crippen molar-refractivity contribution < 1.29 is 9.34 Å². The van der Waals surface area contributed by atoms with Gasteiger partial charge in [0.1, 0.15) is 5.52 Å². The number of aromatic nitrogens is 1. The molecule has 3 aromatic carbocycles. The fourth-order valence-corrected chi connectivity index (χ4v) is 2.75. The van der Waals surface area contributed by atoms with Crippen molar-refractivity contribution in [3.63, 3.8) is 0 Å². The molecule has 4 aromatic rings. The molecule has 0 aliphatic carbocycles. The molecule has 0 bridgehead atoms. The van der Waals surface area contributed by atoms with Crippen molar-refractivity contribution in [3.05, 3.63) is 88.0 Å². The maximum atomic E-state index is 10.9. The van der Waals surface area contributed by atoms with Gasteiger partial charge in [0, 0.05) is 23.9 Å². The molecule has 0 radical (unpaired) electrons. The minimum Gasteiger partial charge on any atom is -0.436 e. The number of benzene rings is 3. The monoisotopic (exact) mass is 357 g/mol. The summed E-state index contributed by atoms with van der Waals surface area (Å²) in [6.07, 6.45) is 1.60. The van der Waals surface area contributed by atoms with Gasteiger partial charge in [0.05, 0.1) is 10.6 Å². The lowest BCUT2D eigenvalue weighted by atomic mass is 10.2. The molecule has 1 aromatic heterocycles. The Labute approximate surface area is 155 Å². The minimum absolute atomic E-state index is 0.0365. The first-order chi connectivity index (χ1) is 13.1. The van der Waals surface area contributed by atoms with Crippen LogP contribution in [0.3, 0.4) is 0 Å². The highest BCUT2D eigenvalue weighted by Crippen LogP contribution is 2.27. The molecular formula is C21H15N3O3. The second-order valence-electron chi connectivity index (χ2n) is 6.15. The van der Waals surface area contributed by atoms with Gasteiger partial charge in [0.2, 0.25) is 5.89 Å². The first-order valence-electron chi connectivity index (χ1n) is 8.35. The van der Waals surface area contributed by atoms with Gasteiger partial charge in [-0.25, -0.2) is 4.98 Å². The summed E-state index contributed by atoms with van der Waals surface area (Å²) < 4.78 is 5.83. The zero-order chi connectivity index (χ0) is 18.8. The number of nitro benzene ring substituents is 1. The predicted octanol–water partition coefficient (Wildman–Crippen LogP) is 5.46. The number of nitro groups is 1. The first kappa shape index (κ1) is 16.7. The number of hydrogen-bond acceptors (Lipinski definition) is 5. The molecular weight excluding hydrogens is 342 g/mol. The lowest BCUT2D eigenvalue weighted by Crippen LogP contribution is -1.89. The van der Waals surface area contributed by atoms with E-state index in [-0.39, 0.29) is 5.69 Å². The van der Waals surface area contributed by atoms with Gasteiger partial charge in [-0.05, 0) is 48.4 Å². The first-order valence-corrected chi connectivity index (χ1v) is 8.35. The van der Waals surface area contributed by atoms with E-state index in [9.17, 15) is 10.1 Å². The van der Waals surface area contributed by atoms with Gasteiger partial charge in [-0.1, -0.05) is 24.3 Å². The van der Waals surface area contributed by atoms with Crippen molar-refractivity contribution >= 4 is 28.7 Å². The number of aryl methyl sites for hydroxylation is 1. The molecule has 27 heavy (non-hydrogen) atoms. The van der Waals surface area contributed by atoms with Crippen molar-refractivity contribution in [3.8, 4) is 11.5 Å². The molecule has 1 heterocycles. The number of oxazole rings is 1. The standard InChI is InChI=1S/C21H15N3O3/c1-14-8-9-20-19(10-14)23-21(27-20)16-5-3-6-17(12-16)22-13-15-4-2-7-18(11-15)24(25)26/h2-13H,1H3. The van der Waals surface area contributed by atoms with Gasteiger partial charge in [-0.2, -0.15) is 0 Å². The lowest BCUT2D eigenvalue weighted by Gasteiger charge is -1.98. The Balaban J connectivity index is 1.64. The van der Waals surface area contributed by atoms with Gasteiger partial charge < -0.3 is 4.42 Å². The Bertz CT molecular complexity index is 1180. The topological polar surface area (TPSA) is 81.5 Å². The average Bonchev–Trinajstić information content (AvgIpc) is 3.10. The van der Waals surface area contributed by atoms with E-state index in [4.69, 9.17) is 4.42 Å². The molecule has 0 spiro atoms. The van der Waals surface area contributed by atoms with Crippen LogP contribution in [0.5, 0.6) is 0 Å². The Hall–Kier alpha value is -3.80. The summed E-state index contributed by atoms with van der Waals surface area (Å²) in [6, 6.07) is 19.7. The Kier molecular flexibility index (Phi) is 4.22. The third kappa shape index (κ3) is 3.59. The normalized spacial score (nSPS) is 11.3. The maximum absolute atomic E-state index is 10.9. The van der Waals surface area contributed by atoms with Crippen molar-refractivity contribution in [1.29, 1.82) is 0 Å². The molecule has 6 nitrogen and oxygen atoms in total. The number of aliphatic imine (C=N–C) groups is 1. The van der Waals surface area contributed by atoms with Crippen molar-refractivity contribution in [2.75, 3.05) is 0 Å². The summed E-state index contributed by atoms with van der Waals surface area (Å²) in [5, 5.41) is 10.9. The Morgan fingerprint density at radius 2 is 1.93 bits per heavy atom. The largest absolute Gasteiger partial charge is 0.436 e. The van der Waals surface area contributed by atoms with Crippen LogP contribution in [-0.2, 0) is 0 Å². The second-order valence-corrected chi connectivity index (χ2v) is 6.15. The van der Waals surface area contributed by atoms with Crippen molar-refractivity contribution in [1.82, 2.24) is 4.98 Å². The van der Waals surface area contributed by atoms with Gasteiger partial charge in [-0.15, -0.1) is 0 Å². The molecule has 0 atom stereocenters. The highest BCUT2D eigenvalue weighted by atomic mass is 16.6. The smallest absolute Gasteiger partial charge is 0.270 e. The molecule has 0 amide bonds. The van der Waals surface area contributed by atoms with Crippen LogP contribution in [0.1, 0.15) is 11.1 Å². The highest BCUT2D eigenvalue weighted by molar-refractivity contribution is 5.83. The summed E-state index contributed by atoms with van der Waals surface area (Å²) >= 11 is 0. The van der Waals surface area contributed by atoms with E-state index in [1.165, 1.54) is 12.1 Å². The molecule has 132 valence electrons. The van der Waals surface area contributed by atoms with Gasteiger partial charge in [0.15, 0.2) is 5.58 Å². The van der Waals surface area contributed by atoms with Crippen LogP contribution in [0.25, 0.3) is 22.6 Å². The third-order valence-corrected chi connectivity index (χ3v) is 4.08. The van der Waals surface area contributed by atoms with Gasteiger partial charge in [-0.3, -0.25) is 15.1 Å². The van der Waals surface area contributed by atoms with E-state index >= 15 is 0 Å². The summed E-state index contributed by atoms with van der Waals surface area (Å²) in [5.74, 6) is 0.531. The van der Waals surface area contributed by atoms with Crippen molar-refractivity contribution in [2.24, 2.45) is 4.99 Å². The summed E-state index contributed by atoms with van der Waals surface area (Å²) in [4.78, 5) is 19.4. The lowest BCUT2D eigenvalue weighted by molar-refractivity contribution is -0.384. The van der Waals surface area contributed by atoms with Crippen LogP contribution in [-0.4, -0.2) is 16.1 Å². The average molecular weight is 357 g/mol. The van der Waals surface area contributed by atoms with E-state index in [1.807, 2.05) is 49.4 Å². The molecule has 0 N–H and O–H groups in total. The zero-order valence-electron chi connectivity index (χ0n) is 14.5. The molecule has 0 fully saturated rings. The number of nitrogens with zero attached hydrogens (tertiary/aromatic N) is 3. The van der Waals surface area contributed by atoms with Crippen LogP contribution in [0, 0.1) is 17.0 Å². The summed E-state index contributed by atoms with van der Waals surface area (Å²) in [7, 11) is 0. The molecule has 0 aliphatic rings. The summed E-state index contributed by atoms with van der Waals surface area (Å²) in [5.41, 5.74) is 4.89. The molecule has 6 heteroatoms. The van der Waals surface area contributed by atoms with Crippen LogP contribution < -0.4 is 0 Å². The van der Waals surface area contributed by atoms with E-state index in [2.05, 4.69) is 9.98 Å². The van der Waals surface area contributed by atoms with Gasteiger partial charge in [0.25, 0.3) is 5.69 Å². The van der Waals surface area contributed by atoms with Crippen LogP contribution in [0.4, 0.5) is 11.4 Å². The van der Waals surface area contributed by atoms with Crippen LogP contribution in [0.15, 0.2) is 76.1 Å². The SMILES string of the molecule is Cc1ccc2oc(-c3cccc(N=Cc4cccc([N+](=O)[O-])c4)c3)nc2c1. The second kappa shape index (κ2) is 6.84. The maximum Gasteiger partial charge on any atom is 0.270 e. The van der Waals surface area contributed by atoms with Gasteiger partial charge >= 0.3 is 0 Å². The van der Waals surface area contributed by atoms with E-state index in [1.54, 1.807) is 18.3 Å². The number of fused-ring (bicyclic) bond motifs is 1.